The van der Waals surface area contributed by atoms with E-state index in [0.717, 1.165) is 33.5 Å². The quantitative estimate of drug-likeness (QED) is 0.308. The SMILES string of the molecule is CC(=O)N1c2ccc(-c3ccc(CC(Cc4ccccc4)NC(=O)O)cc3)cc2[C@H](NC(=O)OC(C)(C)C)C[C@@H]1C. The van der Waals surface area contributed by atoms with Gasteiger partial charge in [-0.1, -0.05) is 60.7 Å². The summed E-state index contributed by atoms with van der Waals surface area (Å²) in [5.41, 5.74) is 5.03. The fourth-order valence-corrected chi connectivity index (χ4v) is 5.48. The highest BCUT2D eigenvalue weighted by Crippen LogP contribution is 2.40. The second-order valence-corrected chi connectivity index (χ2v) is 11.7. The van der Waals surface area contributed by atoms with Gasteiger partial charge in [0.1, 0.15) is 5.60 Å². The van der Waals surface area contributed by atoms with E-state index in [0.29, 0.717) is 19.3 Å². The Morgan fingerprint density at radius 1 is 0.951 bits per heavy atom. The van der Waals surface area contributed by atoms with Gasteiger partial charge >= 0.3 is 12.2 Å². The summed E-state index contributed by atoms with van der Waals surface area (Å²) < 4.78 is 5.51. The Labute approximate surface area is 241 Å². The third-order valence-electron chi connectivity index (χ3n) is 7.13. The van der Waals surface area contributed by atoms with Crippen LogP contribution in [-0.4, -0.2) is 40.9 Å². The van der Waals surface area contributed by atoms with Gasteiger partial charge in [-0.15, -0.1) is 0 Å². The first-order chi connectivity index (χ1) is 19.4. The van der Waals surface area contributed by atoms with Crippen LogP contribution in [0.1, 0.15) is 63.8 Å². The molecule has 0 bridgehead atoms. The highest BCUT2D eigenvalue weighted by atomic mass is 16.6. The Hall–Kier alpha value is -4.33. The van der Waals surface area contributed by atoms with Gasteiger partial charge in [-0.3, -0.25) is 4.79 Å². The van der Waals surface area contributed by atoms with Crippen LogP contribution in [-0.2, 0) is 22.4 Å². The van der Waals surface area contributed by atoms with E-state index in [1.165, 1.54) is 0 Å². The molecule has 3 aromatic rings. The lowest BCUT2D eigenvalue weighted by Crippen LogP contribution is -2.46. The number of alkyl carbamates (subject to hydrolysis) is 1. The van der Waals surface area contributed by atoms with Gasteiger partial charge in [0.05, 0.1) is 6.04 Å². The molecular formula is C33H39N3O5. The van der Waals surface area contributed by atoms with Crippen molar-refractivity contribution in [2.24, 2.45) is 0 Å². The van der Waals surface area contributed by atoms with Gasteiger partial charge in [0.15, 0.2) is 0 Å². The summed E-state index contributed by atoms with van der Waals surface area (Å²) in [7, 11) is 0. The number of amides is 3. The fraction of sp³-hybridized carbons (Fsp3) is 0.364. The van der Waals surface area contributed by atoms with Gasteiger partial charge in [0.2, 0.25) is 5.91 Å². The number of benzene rings is 3. The van der Waals surface area contributed by atoms with Crippen molar-refractivity contribution in [3.8, 4) is 11.1 Å². The summed E-state index contributed by atoms with van der Waals surface area (Å²) in [5, 5.41) is 15.0. The molecule has 1 unspecified atom stereocenters. The third-order valence-corrected chi connectivity index (χ3v) is 7.13. The van der Waals surface area contributed by atoms with Crippen LogP contribution in [0, 0.1) is 0 Å². The Kier molecular flexibility index (Phi) is 9.01. The lowest BCUT2D eigenvalue weighted by molar-refractivity contribution is -0.117. The van der Waals surface area contributed by atoms with Crippen molar-refractivity contribution in [3.63, 3.8) is 0 Å². The second kappa shape index (κ2) is 12.5. The van der Waals surface area contributed by atoms with Crippen LogP contribution >= 0.6 is 0 Å². The molecule has 3 amide bonds. The number of carbonyl (C=O) groups is 3. The van der Waals surface area contributed by atoms with E-state index < -0.39 is 17.8 Å². The molecule has 0 saturated heterocycles. The minimum absolute atomic E-state index is 0.0494. The Balaban J connectivity index is 1.58. The van der Waals surface area contributed by atoms with E-state index in [4.69, 9.17) is 4.74 Å². The number of carboxylic acid groups (broad SMARTS) is 1. The van der Waals surface area contributed by atoms with Crippen LogP contribution in [0.25, 0.3) is 11.1 Å². The fourth-order valence-electron chi connectivity index (χ4n) is 5.48. The van der Waals surface area contributed by atoms with Crippen molar-refractivity contribution in [2.45, 2.75) is 77.6 Å². The van der Waals surface area contributed by atoms with Crippen LogP contribution in [0.2, 0.25) is 0 Å². The standard InChI is InChI=1S/C33H39N3O5/c1-21-17-29(35-32(40)41-33(3,4)5)28-20-26(15-16-30(28)36(21)22(2)37)25-13-11-24(12-14-25)19-27(34-31(38)39)18-23-9-7-6-8-10-23/h6-16,20-21,27,29,34H,17-19H2,1-5H3,(H,35,40)(H,38,39)/t21-,27?,29+/m0/s1. The minimum Gasteiger partial charge on any atom is -0.465 e. The first kappa shape index (κ1) is 29.6. The molecule has 3 atom stereocenters. The minimum atomic E-state index is -1.04. The van der Waals surface area contributed by atoms with Crippen LogP contribution in [0.15, 0.2) is 72.8 Å². The number of nitrogens with zero attached hydrogens (tertiary/aromatic N) is 1. The lowest BCUT2D eigenvalue weighted by Gasteiger charge is -2.39. The van der Waals surface area contributed by atoms with Crippen molar-refractivity contribution in [3.05, 3.63) is 89.5 Å². The zero-order valence-electron chi connectivity index (χ0n) is 24.3. The van der Waals surface area contributed by atoms with E-state index in [1.807, 2.05) is 100 Å². The zero-order valence-corrected chi connectivity index (χ0v) is 24.3. The molecule has 216 valence electrons. The maximum Gasteiger partial charge on any atom is 0.408 e. The van der Waals surface area contributed by atoms with E-state index >= 15 is 0 Å². The molecular weight excluding hydrogens is 518 g/mol. The van der Waals surface area contributed by atoms with E-state index in [9.17, 15) is 19.5 Å². The molecule has 0 aliphatic carbocycles. The lowest BCUT2D eigenvalue weighted by atomic mass is 9.89. The molecule has 8 heteroatoms. The molecule has 8 nitrogen and oxygen atoms in total. The zero-order chi connectivity index (χ0) is 29.7. The molecule has 1 aliphatic heterocycles. The summed E-state index contributed by atoms with van der Waals surface area (Å²) in [6.45, 7) is 9.00. The van der Waals surface area contributed by atoms with Crippen molar-refractivity contribution in [1.29, 1.82) is 0 Å². The van der Waals surface area contributed by atoms with Crippen LogP contribution in [0.3, 0.4) is 0 Å². The Morgan fingerprint density at radius 3 is 2.15 bits per heavy atom. The van der Waals surface area contributed by atoms with E-state index in [1.54, 1.807) is 11.8 Å². The van der Waals surface area contributed by atoms with Crippen LogP contribution in [0.4, 0.5) is 15.3 Å². The summed E-state index contributed by atoms with van der Waals surface area (Å²) in [5.74, 6) is -0.0494. The predicted octanol–water partition coefficient (Wildman–Crippen LogP) is 6.49. The summed E-state index contributed by atoms with van der Waals surface area (Å²) in [6.07, 6.45) is 0.176. The average molecular weight is 558 g/mol. The molecule has 4 rings (SSSR count). The Bertz CT molecular complexity index is 1380. The van der Waals surface area contributed by atoms with Gasteiger partial charge in [-0.05, 0) is 86.9 Å². The molecule has 0 radical (unpaired) electrons. The van der Waals surface area contributed by atoms with Gasteiger partial charge in [0, 0.05) is 24.7 Å². The van der Waals surface area contributed by atoms with Crippen molar-refractivity contribution >= 4 is 23.8 Å². The van der Waals surface area contributed by atoms with Gasteiger partial charge in [-0.2, -0.15) is 0 Å². The number of fused-ring (bicyclic) bond motifs is 1. The molecule has 3 aromatic carbocycles. The number of ether oxygens (including phenoxy) is 1. The van der Waals surface area contributed by atoms with Gasteiger partial charge in [0.25, 0.3) is 0 Å². The monoisotopic (exact) mass is 557 g/mol. The highest BCUT2D eigenvalue weighted by molar-refractivity contribution is 5.94. The number of rotatable bonds is 7. The second-order valence-electron chi connectivity index (χ2n) is 11.7. The maximum absolute atomic E-state index is 12.7. The molecule has 41 heavy (non-hydrogen) atoms. The first-order valence-corrected chi connectivity index (χ1v) is 14.0. The van der Waals surface area contributed by atoms with Crippen molar-refractivity contribution in [1.82, 2.24) is 10.6 Å². The van der Waals surface area contributed by atoms with Gasteiger partial charge in [-0.25, -0.2) is 9.59 Å². The number of carbonyl (C=O) groups excluding carboxylic acids is 2. The van der Waals surface area contributed by atoms with E-state index in [-0.39, 0.29) is 24.0 Å². The van der Waals surface area contributed by atoms with Gasteiger partial charge < -0.3 is 25.4 Å². The third kappa shape index (κ3) is 7.87. The van der Waals surface area contributed by atoms with Crippen LogP contribution < -0.4 is 15.5 Å². The molecule has 0 saturated carbocycles. The molecule has 0 fully saturated rings. The van der Waals surface area contributed by atoms with E-state index in [2.05, 4.69) is 10.6 Å². The van der Waals surface area contributed by atoms with Crippen molar-refractivity contribution in [2.75, 3.05) is 4.90 Å². The summed E-state index contributed by atoms with van der Waals surface area (Å²) in [6, 6.07) is 23.2. The molecule has 3 N–H and O–H groups in total. The molecule has 1 heterocycles. The number of hydrogen-bond acceptors (Lipinski definition) is 4. The molecule has 0 aromatic heterocycles. The normalized spacial score (nSPS) is 17.2. The highest BCUT2D eigenvalue weighted by Gasteiger charge is 2.34. The summed E-state index contributed by atoms with van der Waals surface area (Å²) in [4.78, 5) is 38.4. The predicted molar refractivity (Wildman–Crippen MR) is 160 cm³/mol. The average Bonchev–Trinajstić information content (AvgIpc) is 2.88. The van der Waals surface area contributed by atoms with Crippen LogP contribution in [0.5, 0.6) is 0 Å². The van der Waals surface area contributed by atoms with Crippen molar-refractivity contribution < 1.29 is 24.2 Å². The first-order valence-electron chi connectivity index (χ1n) is 14.0. The molecule has 0 spiro atoms. The Morgan fingerprint density at radius 2 is 1.56 bits per heavy atom. The molecule has 1 aliphatic rings. The number of hydrogen-bond donors (Lipinski definition) is 3. The topological polar surface area (TPSA) is 108 Å². The smallest absolute Gasteiger partial charge is 0.408 e. The number of nitrogens with one attached hydrogen (secondary N) is 2. The summed E-state index contributed by atoms with van der Waals surface area (Å²) >= 11 is 0. The number of anilines is 1. The largest absolute Gasteiger partial charge is 0.465 e. The maximum atomic E-state index is 12.7.